The van der Waals surface area contributed by atoms with E-state index >= 15 is 0 Å². The Balaban J connectivity index is 1.94. The average Bonchev–Trinajstić information content (AvgIpc) is 2.53. The maximum absolute atomic E-state index is 12.1. The number of anilines is 1. The fourth-order valence-corrected chi connectivity index (χ4v) is 2.18. The Kier molecular flexibility index (Phi) is 5.42. The second-order valence-electron chi connectivity index (χ2n) is 5.10. The molecule has 22 heavy (non-hydrogen) atoms. The first-order valence-corrected chi connectivity index (χ1v) is 7.20. The van der Waals surface area contributed by atoms with E-state index in [1.165, 1.54) is 0 Å². The Bertz CT molecular complexity index is 635. The third-order valence-electron chi connectivity index (χ3n) is 3.43. The predicted molar refractivity (Wildman–Crippen MR) is 87.7 cm³/mol. The van der Waals surface area contributed by atoms with E-state index < -0.39 is 0 Å². The molecule has 0 aliphatic heterocycles. The Labute approximate surface area is 131 Å². The van der Waals surface area contributed by atoms with Crippen molar-refractivity contribution >= 4 is 11.6 Å². The van der Waals surface area contributed by atoms with Crippen LogP contribution in [-0.4, -0.2) is 20.1 Å². The molecule has 0 aliphatic rings. The van der Waals surface area contributed by atoms with Crippen LogP contribution in [0.5, 0.6) is 11.5 Å². The minimum atomic E-state index is -0.0280. The fraction of sp³-hybridized carbons (Fsp3) is 0.278. The highest BCUT2D eigenvalue weighted by Gasteiger charge is 2.08. The van der Waals surface area contributed by atoms with Crippen LogP contribution < -0.4 is 14.8 Å². The molecular weight excluding hydrogens is 278 g/mol. The van der Waals surface area contributed by atoms with Gasteiger partial charge in [0.1, 0.15) is 11.5 Å². The van der Waals surface area contributed by atoms with E-state index in [2.05, 4.69) is 5.32 Å². The van der Waals surface area contributed by atoms with Crippen molar-refractivity contribution in [1.82, 2.24) is 0 Å². The molecule has 4 nitrogen and oxygen atoms in total. The average molecular weight is 299 g/mol. The molecule has 1 N–H and O–H groups in total. The highest BCUT2D eigenvalue weighted by molar-refractivity contribution is 5.92. The van der Waals surface area contributed by atoms with E-state index in [1.807, 2.05) is 49.4 Å². The summed E-state index contributed by atoms with van der Waals surface area (Å²) < 4.78 is 10.4. The Hall–Kier alpha value is -2.49. The molecule has 0 aromatic heterocycles. The first-order valence-electron chi connectivity index (χ1n) is 7.20. The molecule has 0 saturated carbocycles. The molecule has 0 aliphatic carbocycles. The maximum Gasteiger partial charge on any atom is 0.224 e. The van der Waals surface area contributed by atoms with E-state index in [1.54, 1.807) is 14.2 Å². The number of aryl methyl sites for hydroxylation is 2. The molecule has 0 fully saturated rings. The molecule has 0 unspecified atom stereocenters. The van der Waals surface area contributed by atoms with Crippen molar-refractivity contribution in [3.63, 3.8) is 0 Å². The number of rotatable bonds is 6. The van der Waals surface area contributed by atoms with E-state index in [4.69, 9.17) is 9.47 Å². The number of hydrogen-bond acceptors (Lipinski definition) is 3. The van der Waals surface area contributed by atoms with Gasteiger partial charge < -0.3 is 14.8 Å². The Morgan fingerprint density at radius 3 is 2.41 bits per heavy atom. The van der Waals surface area contributed by atoms with E-state index in [9.17, 15) is 4.79 Å². The second kappa shape index (κ2) is 7.50. The van der Waals surface area contributed by atoms with Gasteiger partial charge in [-0.05, 0) is 48.7 Å². The van der Waals surface area contributed by atoms with Gasteiger partial charge in [0.25, 0.3) is 0 Å². The lowest BCUT2D eigenvalue weighted by molar-refractivity contribution is -0.116. The third kappa shape index (κ3) is 4.25. The van der Waals surface area contributed by atoms with Gasteiger partial charge in [-0.3, -0.25) is 4.79 Å². The molecule has 0 atom stereocenters. The molecule has 2 aromatic rings. The molecular formula is C18H21NO3. The predicted octanol–water partition coefficient (Wildman–Crippen LogP) is 3.58. The summed E-state index contributed by atoms with van der Waals surface area (Å²) in [6, 6.07) is 13.5. The largest absolute Gasteiger partial charge is 0.497 e. The van der Waals surface area contributed by atoms with Crippen molar-refractivity contribution in [3.8, 4) is 11.5 Å². The van der Waals surface area contributed by atoms with E-state index in [0.717, 1.165) is 16.9 Å². The number of carbonyl (C=O) groups is 1. The van der Waals surface area contributed by atoms with Crippen LogP contribution in [0.3, 0.4) is 0 Å². The van der Waals surface area contributed by atoms with Crippen LogP contribution in [0.25, 0.3) is 0 Å². The van der Waals surface area contributed by atoms with E-state index in [0.29, 0.717) is 24.3 Å². The summed E-state index contributed by atoms with van der Waals surface area (Å²) in [7, 11) is 3.23. The zero-order valence-electron chi connectivity index (χ0n) is 13.2. The van der Waals surface area contributed by atoms with Crippen molar-refractivity contribution in [2.45, 2.75) is 19.8 Å². The Morgan fingerprint density at radius 2 is 1.77 bits per heavy atom. The SMILES string of the molecule is COc1ccc(CCC(=O)Nc2cc(C)ccc2OC)cc1. The molecule has 0 radical (unpaired) electrons. The van der Waals surface area contributed by atoms with Gasteiger partial charge >= 0.3 is 0 Å². The molecule has 0 spiro atoms. The maximum atomic E-state index is 12.1. The summed E-state index contributed by atoms with van der Waals surface area (Å²) in [5.74, 6) is 1.46. The number of nitrogens with one attached hydrogen (secondary N) is 1. The molecule has 4 heteroatoms. The van der Waals surface area contributed by atoms with Gasteiger partial charge in [0.2, 0.25) is 5.91 Å². The first-order chi connectivity index (χ1) is 10.6. The molecule has 0 bridgehead atoms. The molecule has 0 saturated heterocycles. The van der Waals surface area contributed by atoms with Crippen molar-refractivity contribution in [2.24, 2.45) is 0 Å². The van der Waals surface area contributed by atoms with Gasteiger partial charge in [-0.1, -0.05) is 18.2 Å². The number of benzene rings is 2. The minimum absolute atomic E-state index is 0.0280. The van der Waals surface area contributed by atoms with Crippen molar-refractivity contribution in [1.29, 1.82) is 0 Å². The molecule has 2 aromatic carbocycles. The Morgan fingerprint density at radius 1 is 1.05 bits per heavy atom. The number of amides is 1. The molecule has 1 amide bonds. The van der Waals surface area contributed by atoms with Gasteiger partial charge in [-0.15, -0.1) is 0 Å². The monoisotopic (exact) mass is 299 g/mol. The van der Waals surface area contributed by atoms with Crippen LogP contribution in [0.4, 0.5) is 5.69 Å². The van der Waals surface area contributed by atoms with Crippen LogP contribution in [-0.2, 0) is 11.2 Å². The zero-order valence-corrected chi connectivity index (χ0v) is 13.2. The van der Waals surface area contributed by atoms with Crippen LogP contribution in [0.1, 0.15) is 17.5 Å². The minimum Gasteiger partial charge on any atom is -0.497 e. The summed E-state index contributed by atoms with van der Waals surface area (Å²) in [5.41, 5.74) is 2.89. The van der Waals surface area contributed by atoms with Gasteiger partial charge in [-0.25, -0.2) is 0 Å². The van der Waals surface area contributed by atoms with Crippen LogP contribution >= 0.6 is 0 Å². The summed E-state index contributed by atoms with van der Waals surface area (Å²) >= 11 is 0. The first kappa shape index (κ1) is 15.9. The number of ether oxygens (including phenoxy) is 2. The highest BCUT2D eigenvalue weighted by atomic mass is 16.5. The quantitative estimate of drug-likeness (QED) is 0.887. The summed E-state index contributed by atoms with van der Waals surface area (Å²) in [6.45, 7) is 1.98. The number of carbonyl (C=O) groups excluding carboxylic acids is 1. The molecule has 0 heterocycles. The zero-order chi connectivity index (χ0) is 15.9. The lowest BCUT2D eigenvalue weighted by Crippen LogP contribution is -2.13. The number of hydrogen-bond donors (Lipinski definition) is 1. The third-order valence-corrected chi connectivity index (χ3v) is 3.43. The van der Waals surface area contributed by atoms with Gasteiger partial charge in [0.05, 0.1) is 19.9 Å². The lowest BCUT2D eigenvalue weighted by atomic mass is 10.1. The molecule has 116 valence electrons. The second-order valence-corrected chi connectivity index (χ2v) is 5.10. The van der Waals surface area contributed by atoms with Crippen molar-refractivity contribution < 1.29 is 14.3 Å². The van der Waals surface area contributed by atoms with Gasteiger partial charge in [0, 0.05) is 6.42 Å². The normalized spacial score (nSPS) is 10.1. The summed E-state index contributed by atoms with van der Waals surface area (Å²) in [4.78, 5) is 12.1. The summed E-state index contributed by atoms with van der Waals surface area (Å²) in [5, 5.41) is 2.91. The number of methoxy groups -OCH3 is 2. The summed E-state index contributed by atoms with van der Waals surface area (Å²) in [6.07, 6.45) is 1.10. The highest BCUT2D eigenvalue weighted by Crippen LogP contribution is 2.25. The van der Waals surface area contributed by atoms with Gasteiger partial charge in [-0.2, -0.15) is 0 Å². The van der Waals surface area contributed by atoms with E-state index in [-0.39, 0.29) is 5.91 Å². The topological polar surface area (TPSA) is 47.6 Å². The standard InChI is InChI=1S/C18H21NO3/c1-13-4-10-17(22-3)16(12-13)19-18(20)11-7-14-5-8-15(21-2)9-6-14/h4-6,8-10,12H,7,11H2,1-3H3,(H,19,20). The fourth-order valence-electron chi connectivity index (χ4n) is 2.18. The van der Waals surface area contributed by atoms with Gasteiger partial charge in [0.15, 0.2) is 0 Å². The lowest BCUT2D eigenvalue weighted by Gasteiger charge is -2.11. The molecule has 2 rings (SSSR count). The van der Waals surface area contributed by atoms with Crippen LogP contribution in [0.15, 0.2) is 42.5 Å². The van der Waals surface area contributed by atoms with Crippen molar-refractivity contribution in [3.05, 3.63) is 53.6 Å². The van der Waals surface area contributed by atoms with Crippen LogP contribution in [0.2, 0.25) is 0 Å². The van der Waals surface area contributed by atoms with Crippen molar-refractivity contribution in [2.75, 3.05) is 19.5 Å². The smallest absolute Gasteiger partial charge is 0.224 e. The van der Waals surface area contributed by atoms with Crippen LogP contribution in [0, 0.1) is 6.92 Å².